The van der Waals surface area contributed by atoms with Crippen molar-refractivity contribution < 1.29 is 14.6 Å². The van der Waals surface area contributed by atoms with Gasteiger partial charge >= 0.3 is 0 Å². The quantitative estimate of drug-likeness (QED) is 0.807. The average molecular weight is 221 g/mol. The van der Waals surface area contributed by atoms with Gasteiger partial charge in [-0.3, -0.25) is 4.79 Å². The molecular weight excluding hydrogens is 206 g/mol. The van der Waals surface area contributed by atoms with Crippen LogP contribution in [-0.2, 0) is 0 Å². The molecule has 1 aromatic carbocycles. The van der Waals surface area contributed by atoms with Crippen LogP contribution in [0.4, 0.5) is 0 Å². The van der Waals surface area contributed by atoms with Crippen molar-refractivity contribution in [2.24, 2.45) is 0 Å². The zero-order chi connectivity index (χ0) is 11.5. The number of ether oxygens (including phenoxy) is 1. The Hall–Kier alpha value is -1.55. The summed E-state index contributed by atoms with van der Waals surface area (Å²) in [6.07, 6.45) is 0.296. The van der Waals surface area contributed by atoms with Crippen molar-refractivity contribution in [2.45, 2.75) is 12.5 Å². The molecule has 0 spiro atoms. The number of benzene rings is 1. The molecule has 0 saturated carbocycles. The second-order valence-corrected chi connectivity index (χ2v) is 3.92. The van der Waals surface area contributed by atoms with E-state index < -0.39 is 0 Å². The van der Waals surface area contributed by atoms with Gasteiger partial charge in [0.15, 0.2) is 0 Å². The minimum Gasteiger partial charge on any atom is -0.497 e. The molecule has 4 heteroatoms. The first-order valence-corrected chi connectivity index (χ1v) is 5.32. The second kappa shape index (κ2) is 4.53. The Morgan fingerprint density at radius 2 is 2.12 bits per heavy atom. The largest absolute Gasteiger partial charge is 0.497 e. The number of methoxy groups -OCH3 is 1. The van der Waals surface area contributed by atoms with Crippen LogP contribution in [0.1, 0.15) is 16.8 Å². The number of hydrogen-bond acceptors (Lipinski definition) is 3. The molecule has 1 heterocycles. The Kier molecular flexibility index (Phi) is 3.10. The normalized spacial score (nSPS) is 19.9. The molecule has 0 radical (unpaired) electrons. The summed E-state index contributed by atoms with van der Waals surface area (Å²) in [7, 11) is 1.59. The lowest BCUT2D eigenvalue weighted by Crippen LogP contribution is -2.29. The van der Waals surface area contributed by atoms with Crippen LogP contribution in [0.3, 0.4) is 0 Å². The van der Waals surface area contributed by atoms with Gasteiger partial charge in [-0.2, -0.15) is 0 Å². The third kappa shape index (κ3) is 2.17. The molecule has 1 amide bonds. The number of carbonyl (C=O) groups is 1. The van der Waals surface area contributed by atoms with Crippen molar-refractivity contribution in [2.75, 3.05) is 20.2 Å². The summed E-state index contributed by atoms with van der Waals surface area (Å²) < 4.78 is 5.03. The number of nitrogens with zero attached hydrogens (tertiary/aromatic N) is 1. The van der Waals surface area contributed by atoms with E-state index in [9.17, 15) is 9.90 Å². The van der Waals surface area contributed by atoms with E-state index in [1.54, 1.807) is 36.3 Å². The predicted molar refractivity (Wildman–Crippen MR) is 59.5 cm³/mol. The van der Waals surface area contributed by atoms with Crippen LogP contribution in [0.2, 0.25) is 0 Å². The molecule has 1 saturated heterocycles. The molecule has 0 bridgehead atoms. The van der Waals surface area contributed by atoms with Crippen LogP contribution in [0.5, 0.6) is 5.75 Å². The third-order valence-corrected chi connectivity index (χ3v) is 2.79. The van der Waals surface area contributed by atoms with Crippen LogP contribution < -0.4 is 4.74 Å². The van der Waals surface area contributed by atoms with E-state index in [2.05, 4.69) is 0 Å². The Morgan fingerprint density at radius 1 is 1.44 bits per heavy atom. The van der Waals surface area contributed by atoms with Gasteiger partial charge in [-0.25, -0.2) is 0 Å². The zero-order valence-corrected chi connectivity index (χ0v) is 9.22. The first-order valence-electron chi connectivity index (χ1n) is 5.32. The molecule has 0 aliphatic carbocycles. The van der Waals surface area contributed by atoms with Gasteiger partial charge in [-0.15, -0.1) is 0 Å². The lowest BCUT2D eigenvalue weighted by atomic mass is 10.2. The van der Waals surface area contributed by atoms with Crippen molar-refractivity contribution >= 4 is 5.91 Å². The number of aliphatic hydroxyl groups excluding tert-OH is 1. The maximum absolute atomic E-state index is 12.0. The van der Waals surface area contributed by atoms with Gasteiger partial charge in [-0.1, -0.05) is 0 Å². The molecule has 16 heavy (non-hydrogen) atoms. The van der Waals surface area contributed by atoms with E-state index >= 15 is 0 Å². The fraction of sp³-hybridized carbons (Fsp3) is 0.417. The van der Waals surface area contributed by atoms with Gasteiger partial charge in [0, 0.05) is 18.7 Å². The summed E-state index contributed by atoms with van der Waals surface area (Å²) in [6.45, 7) is 1.07. The van der Waals surface area contributed by atoms with Gasteiger partial charge in [0.2, 0.25) is 0 Å². The Balaban J connectivity index is 2.08. The summed E-state index contributed by atoms with van der Waals surface area (Å²) in [5, 5.41) is 9.36. The van der Waals surface area contributed by atoms with Gasteiger partial charge in [0.1, 0.15) is 5.75 Å². The average Bonchev–Trinajstić information content (AvgIpc) is 2.75. The van der Waals surface area contributed by atoms with E-state index in [1.807, 2.05) is 0 Å². The molecule has 4 nitrogen and oxygen atoms in total. The first-order chi connectivity index (χ1) is 7.70. The van der Waals surface area contributed by atoms with Gasteiger partial charge < -0.3 is 14.7 Å². The molecule has 1 fully saturated rings. The third-order valence-electron chi connectivity index (χ3n) is 2.79. The summed E-state index contributed by atoms with van der Waals surface area (Å²) in [5.74, 6) is 0.706. The van der Waals surface area contributed by atoms with E-state index in [1.165, 1.54) is 0 Å². The fourth-order valence-electron chi connectivity index (χ4n) is 1.84. The molecule has 1 atom stereocenters. The van der Waals surface area contributed by atoms with Crippen molar-refractivity contribution in [1.29, 1.82) is 0 Å². The van der Waals surface area contributed by atoms with Crippen molar-refractivity contribution in [3.63, 3.8) is 0 Å². The topological polar surface area (TPSA) is 49.8 Å². The van der Waals surface area contributed by atoms with E-state index in [4.69, 9.17) is 4.74 Å². The van der Waals surface area contributed by atoms with Crippen LogP contribution in [-0.4, -0.2) is 42.2 Å². The van der Waals surface area contributed by atoms with Crippen LogP contribution in [0, 0.1) is 0 Å². The van der Waals surface area contributed by atoms with Gasteiger partial charge in [0.05, 0.1) is 13.2 Å². The SMILES string of the molecule is COc1ccc(C(=O)N2CC[C@H](O)C2)cc1. The molecule has 1 aliphatic rings. The second-order valence-electron chi connectivity index (χ2n) is 3.92. The molecule has 1 aliphatic heterocycles. The van der Waals surface area contributed by atoms with Crippen LogP contribution >= 0.6 is 0 Å². The van der Waals surface area contributed by atoms with Gasteiger partial charge in [0.25, 0.3) is 5.91 Å². The van der Waals surface area contributed by atoms with Gasteiger partial charge in [-0.05, 0) is 30.7 Å². The highest BCUT2D eigenvalue weighted by molar-refractivity contribution is 5.94. The number of aliphatic hydroxyl groups is 1. The highest BCUT2D eigenvalue weighted by Gasteiger charge is 2.25. The maximum atomic E-state index is 12.0. The molecule has 0 aromatic heterocycles. The molecule has 1 aromatic rings. The summed E-state index contributed by atoms with van der Waals surface area (Å²) in [6, 6.07) is 7.01. The van der Waals surface area contributed by atoms with E-state index in [-0.39, 0.29) is 12.0 Å². The van der Waals surface area contributed by atoms with Crippen molar-refractivity contribution in [3.05, 3.63) is 29.8 Å². The lowest BCUT2D eigenvalue weighted by molar-refractivity contribution is 0.0765. The molecule has 0 unspecified atom stereocenters. The van der Waals surface area contributed by atoms with Crippen molar-refractivity contribution in [1.82, 2.24) is 4.90 Å². The highest BCUT2D eigenvalue weighted by Crippen LogP contribution is 2.16. The zero-order valence-electron chi connectivity index (χ0n) is 9.22. The number of hydrogen-bond donors (Lipinski definition) is 1. The molecular formula is C12H15NO3. The molecule has 2 rings (SSSR count). The number of amides is 1. The lowest BCUT2D eigenvalue weighted by Gasteiger charge is -2.15. The first kappa shape index (κ1) is 11.0. The summed E-state index contributed by atoms with van der Waals surface area (Å²) in [4.78, 5) is 13.6. The number of rotatable bonds is 2. The van der Waals surface area contributed by atoms with E-state index in [0.29, 0.717) is 25.1 Å². The van der Waals surface area contributed by atoms with Crippen LogP contribution in [0.25, 0.3) is 0 Å². The monoisotopic (exact) mass is 221 g/mol. The minimum atomic E-state index is -0.373. The summed E-state index contributed by atoms with van der Waals surface area (Å²) >= 11 is 0. The highest BCUT2D eigenvalue weighted by atomic mass is 16.5. The Bertz CT molecular complexity index is 374. The minimum absolute atomic E-state index is 0.0285. The summed E-state index contributed by atoms with van der Waals surface area (Å²) in [5.41, 5.74) is 0.634. The standard InChI is InChI=1S/C12H15NO3/c1-16-11-4-2-9(3-5-11)12(15)13-7-6-10(14)8-13/h2-5,10,14H,6-8H2,1H3/t10-/m0/s1. The molecule has 86 valence electrons. The predicted octanol–water partition coefficient (Wildman–Crippen LogP) is 0.902. The maximum Gasteiger partial charge on any atom is 0.253 e. The molecule has 1 N–H and O–H groups in total. The smallest absolute Gasteiger partial charge is 0.253 e. The number of likely N-dealkylation sites (tertiary alicyclic amines) is 1. The fourth-order valence-corrected chi connectivity index (χ4v) is 1.84. The van der Waals surface area contributed by atoms with Crippen molar-refractivity contribution in [3.8, 4) is 5.75 Å². The van der Waals surface area contributed by atoms with E-state index in [0.717, 1.165) is 5.75 Å². The van der Waals surface area contributed by atoms with Crippen LogP contribution in [0.15, 0.2) is 24.3 Å². The number of carbonyl (C=O) groups excluding carboxylic acids is 1. The number of β-amino-alcohol motifs (C(OH)–C–C–N with tert-alkyl or cyclic N) is 1. The Labute approximate surface area is 94.4 Å². The Morgan fingerprint density at radius 3 is 2.62 bits per heavy atom.